The molecule has 1 heterocycles. The van der Waals surface area contributed by atoms with Gasteiger partial charge >= 0.3 is 0 Å². The van der Waals surface area contributed by atoms with Crippen LogP contribution in [-0.2, 0) is 11.4 Å². The second kappa shape index (κ2) is 7.25. The van der Waals surface area contributed by atoms with Crippen molar-refractivity contribution in [3.8, 4) is 0 Å². The number of carbonyl (C=O) groups excluding carboxylic acids is 1. The summed E-state index contributed by atoms with van der Waals surface area (Å²) in [4.78, 5) is 20.5. The molecule has 0 bridgehead atoms. The number of nitrogens with one attached hydrogen (secondary N) is 2. The van der Waals surface area contributed by atoms with Gasteiger partial charge in [0.15, 0.2) is 0 Å². The standard InChI is InChI=1S/C17H28N4O2/c1-11-5-13(9-17(3,4)8-11)7-15(23)20-21-16-18-12(2)6-14(10-22)19-16/h6,11,13,22H,5,7-10H2,1-4H3,(H,20,23)(H,18,19,21). The Morgan fingerprint density at radius 2 is 2.13 bits per heavy atom. The molecule has 6 heteroatoms. The third-order valence-corrected chi connectivity index (χ3v) is 4.34. The monoisotopic (exact) mass is 320 g/mol. The Kier molecular flexibility index (Phi) is 5.57. The van der Waals surface area contributed by atoms with Crippen molar-refractivity contribution in [3.63, 3.8) is 0 Å². The number of aryl methyl sites for hydroxylation is 1. The van der Waals surface area contributed by atoms with Gasteiger partial charge < -0.3 is 5.11 Å². The van der Waals surface area contributed by atoms with Crippen LogP contribution < -0.4 is 10.9 Å². The summed E-state index contributed by atoms with van der Waals surface area (Å²) in [5.41, 5.74) is 7.00. The number of hydrogen-bond acceptors (Lipinski definition) is 5. The van der Waals surface area contributed by atoms with Crippen LogP contribution >= 0.6 is 0 Å². The Labute approximate surface area is 138 Å². The molecule has 2 unspecified atom stereocenters. The predicted molar refractivity (Wildman–Crippen MR) is 89.4 cm³/mol. The predicted octanol–water partition coefficient (Wildman–Crippen LogP) is 2.57. The number of carbonyl (C=O) groups is 1. The first-order valence-corrected chi connectivity index (χ1v) is 8.27. The lowest BCUT2D eigenvalue weighted by Crippen LogP contribution is -2.35. The third-order valence-electron chi connectivity index (χ3n) is 4.34. The Balaban J connectivity index is 1.87. The van der Waals surface area contributed by atoms with Gasteiger partial charge in [-0.25, -0.2) is 9.97 Å². The number of anilines is 1. The van der Waals surface area contributed by atoms with Gasteiger partial charge in [-0.05, 0) is 49.5 Å². The second-order valence-corrected chi connectivity index (χ2v) is 7.64. The van der Waals surface area contributed by atoms with Crippen LogP contribution in [0.5, 0.6) is 0 Å². The maximum absolute atomic E-state index is 12.2. The number of aromatic nitrogens is 2. The van der Waals surface area contributed by atoms with Crippen LogP contribution in [0.25, 0.3) is 0 Å². The molecule has 1 aromatic rings. The van der Waals surface area contributed by atoms with Gasteiger partial charge in [-0.1, -0.05) is 20.8 Å². The van der Waals surface area contributed by atoms with Gasteiger partial charge in [-0.3, -0.25) is 15.6 Å². The molecule has 1 saturated carbocycles. The molecule has 2 atom stereocenters. The third kappa shape index (κ3) is 5.46. The number of aliphatic hydroxyl groups excluding tert-OH is 1. The molecule has 6 nitrogen and oxygen atoms in total. The van der Waals surface area contributed by atoms with E-state index in [9.17, 15) is 4.79 Å². The fourth-order valence-electron chi connectivity index (χ4n) is 3.91. The first-order valence-electron chi connectivity index (χ1n) is 8.27. The van der Waals surface area contributed by atoms with Crippen molar-refractivity contribution < 1.29 is 9.90 Å². The highest BCUT2D eigenvalue weighted by atomic mass is 16.3. The van der Waals surface area contributed by atoms with E-state index in [1.54, 1.807) is 6.07 Å². The van der Waals surface area contributed by atoms with Crippen LogP contribution in [0.2, 0.25) is 0 Å². The summed E-state index contributed by atoms with van der Waals surface area (Å²) < 4.78 is 0. The molecule has 1 aliphatic carbocycles. The van der Waals surface area contributed by atoms with Crippen molar-refractivity contribution in [2.45, 2.75) is 60.0 Å². The highest BCUT2D eigenvalue weighted by Crippen LogP contribution is 2.42. The Bertz CT molecular complexity index is 560. The summed E-state index contributed by atoms with van der Waals surface area (Å²) in [6, 6.07) is 1.71. The van der Waals surface area contributed by atoms with E-state index in [0.29, 0.717) is 35.3 Å². The topological polar surface area (TPSA) is 87.1 Å². The summed E-state index contributed by atoms with van der Waals surface area (Å²) in [5, 5.41) is 9.15. The zero-order valence-electron chi connectivity index (χ0n) is 14.5. The van der Waals surface area contributed by atoms with Crippen LogP contribution in [0, 0.1) is 24.2 Å². The molecule has 0 aromatic carbocycles. The maximum Gasteiger partial charge on any atom is 0.242 e. The first-order chi connectivity index (χ1) is 10.8. The van der Waals surface area contributed by atoms with Crippen LogP contribution in [0.4, 0.5) is 5.95 Å². The molecule has 0 aliphatic heterocycles. The maximum atomic E-state index is 12.2. The molecule has 0 spiro atoms. The number of rotatable bonds is 5. The number of nitrogens with zero attached hydrogens (tertiary/aromatic N) is 2. The minimum atomic E-state index is -0.152. The lowest BCUT2D eigenvalue weighted by atomic mass is 9.67. The van der Waals surface area contributed by atoms with Gasteiger partial charge in [-0.2, -0.15) is 0 Å². The number of amides is 1. The minimum absolute atomic E-state index is 0.0458. The van der Waals surface area contributed by atoms with Crippen LogP contribution in [0.1, 0.15) is 57.8 Å². The van der Waals surface area contributed by atoms with Gasteiger partial charge in [0.25, 0.3) is 0 Å². The van der Waals surface area contributed by atoms with Crippen molar-refractivity contribution in [1.29, 1.82) is 0 Å². The Morgan fingerprint density at radius 1 is 1.39 bits per heavy atom. The van der Waals surface area contributed by atoms with Crippen LogP contribution in [-0.4, -0.2) is 21.0 Å². The zero-order valence-corrected chi connectivity index (χ0v) is 14.5. The van der Waals surface area contributed by atoms with Crippen molar-refractivity contribution in [2.75, 3.05) is 5.43 Å². The molecule has 1 amide bonds. The smallest absolute Gasteiger partial charge is 0.242 e. The summed E-state index contributed by atoms with van der Waals surface area (Å²) in [5.74, 6) is 1.34. The van der Waals surface area contributed by atoms with Gasteiger partial charge in [0.2, 0.25) is 11.9 Å². The molecular formula is C17H28N4O2. The van der Waals surface area contributed by atoms with E-state index in [0.717, 1.165) is 18.5 Å². The lowest BCUT2D eigenvalue weighted by Gasteiger charge is -2.38. The van der Waals surface area contributed by atoms with Crippen LogP contribution in [0.3, 0.4) is 0 Å². The fourth-order valence-corrected chi connectivity index (χ4v) is 3.91. The largest absolute Gasteiger partial charge is 0.390 e. The SMILES string of the molecule is Cc1cc(CO)nc(NNC(=O)CC2CC(C)CC(C)(C)C2)n1. The number of hydrogen-bond donors (Lipinski definition) is 3. The first kappa shape index (κ1) is 17.7. The zero-order chi connectivity index (χ0) is 17.0. The van der Waals surface area contributed by atoms with E-state index < -0.39 is 0 Å². The highest BCUT2D eigenvalue weighted by molar-refractivity contribution is 5.77. The molecule has 0 saturated heterocycles. The van der Waals surface area contributed by atoms with E-state index in [-0.39, 0.29) is 12.5 Å². The molecular weight excluding hydrogens is 292 g/mol. The molecule has 1 fully saturated rings. The molecule has 0 radical (unpaired) electrons. The van der Waals surface area contributed by atoms with Gasteiger partial charge in [0.1, 0.15) is 0 Å². The quantitative estimate of drug-likeness (QED) is 0.726. The second-order valence-electron chi connectivity index (χ2n) is 7.64. The van der Waals surface area contributed by atoms with Crippen molar-refractivity contribution in [2.24, 2.45) is 17.3 Å². The van der Waals surface area contributed by atoms with E-state index in [1.165, 1.54) is 6.42 Å². The molecule has 23 heavy (non-hydrogen) atoms. The number of aliphatic hydroxyl groups is 1. The highest BCUT2D eigenvalue weighted by Gasteiger charge is 2.32. The molecule has 3 N–H and O–H groups in total. The lowest BCUT2D eigenvalue weighted by molar-refractivity contribution is -0.122. The van der Waals surface area contributed by atoms with Gasteiger partial charge in [-0.15, -0.1) is 0 Å². The fraction of sp³-hybridized carbons (Fsp3) is 0.706. The molecule has 1 aliphatic rings. The van der Waals surface area contributed by atoms with E-state index >= 15 is 0 Å². The summed E-state index contributed by atoms with van der Waals surface area (Å²) in [6.45, 7) is 8.49. The summed E-state index contributed by atoms with van der Waals surface area (Å²) in [6.07, 6.45) is 3.93. The summed E-state index contributed by atoms with van der Waals surface area (Å²) in [7, 11) is 0. The van der Waals surface area contributed by atoms with E-state index in [1.807, 2.05) is 6.92 Å². The summed E-state index contributed by atoms with van der Waals surface area (Å²) >= 11 is 0. The van der Waals surface area contributed by atoms with Gasteiger partial charge in [0.05, 0.1) is 12.3 Å². The van der Waals surface area contributed by atoms with E-state index in [4.69, 9.17) is 5.11 Å². The Hall–Kier alpha value is -1.69. The normalized spacial score (nSPS) is 23.3. The van der Waals surface area contributed by atoms with Crippen LogP contribution in [0.15, 0.2) is 6.07 Å². The molecule has 1 aromatic heterocycles. The average molecular weight is 320 g/mol. The van der Waals surface area contributed by atoms with E-state index in [2.05, 4.69) is 41.6 Å². The molecule has 128 valence electrons. The van der Waals surface area contributed by atoms with Gasteiger partial charge in [0, 0.05) is 12.1 Å². The van der Waals surface area contributed by atoms with Crippen molar-refractivity contribution in [1.82, 2.24) is 15.4 Å². The Morgan fingerprint density at radius 3 is 2.78 bits per heavy atom. The van der Waals surface area contributed by atoms with Crippen molar-refractivity contribution >= 4 is 11.9 Å². The minimum Gasteiger partial charge on any atom is -0.390 e. The number of hydrazine groups is 1. The van der Waals surface area contributed by atoms with Crippen molar-refractivity contribution in [3.05, 3.63) is 17.5 Å². The molecule has 2 rings (SSSR count). The average Bonchev–Trinajstić information content (AvgIpc) is 2.42.